The molecule has 0 aliphatic carbocycles. The Kier molecular flexibility index (Phi) is 5.42. The van der Waals surface area contributed by atoms with Gasteiger partial charge < -0.3 is 4.57 Å². The lowest BCUT2D eigenvalue weighted by molar-refractivity contribution is 0.403. The van der Waals surface area contributed by atoms with E-state index in [2.05, 4.69) is 10.1 Å². The first kappa shape index (κ1) is 21.0. The van der Waals surface area contributed by atoms with Crippen molar-refractivity contribution in [2.24, 2.45) is 14.1 Å². The number of sulfonamides is 2. The van der Waals surface area contributed by atoms with Gasteiger partial charge in [-0.25, -0.2) is 21.8 Å². The lowest BCUT2D eigenvalue weighted by Crippen LogP contribution is -2.37. The number of hydrogen-bond acceptors (Lipinski definition) is 6. The van der Waals surface area contributed by atoms with Gasteiger partial charge in [0.25, 0.3) is 10.0 Å². The molecule has 0 saturated carbocycles. The van der Waals surface area contributed by atoms with Crippen molar-refractivity contribution >= 4 is 20.0 Å². The van der Waals surface area contributed by atoms with Crippen LogP contribution in [-0.2, 0) is 34.1 Å². The van der Waals surface area contributed by atoms with Crippen LogP contribution in [0.3, 0.4) is 0 Å². The molecule has 156 valence electrons. The fraction of sp³-hybridized carbons (Fsp3) is 0.625. The first-order valence-corrected chi connectivity index (χ1v) is 11.8. The maximum atomic E-state index is 13.2. The molecule has 12 heteroatoms. The molecule has 0 unspecified atom stereocenters. The van der Waals surface area contributed by atoms with Crippen LogP contribution in [0.5, 0.6) is 0 Å². The van der Waals surface area contributed by atoms with Crippen LogP contribution in [0.2, 0.25) is 0 Å². The average molecular weight is 431 g/mol. The van der Waals surface area contributed by atoms with Gasteiger partial charge in [-0.3, -0.25) is 4.68 Å². The standard InChI is InChI=1S/C16H26N6O4S2/c1-12-16(13(2)20(5)18-12)28(25,26)22-8-6-7-21(9-10-22)27(23,24)15-11-19(4)14(3)17-15/h11H,6-10H2,1-5H3. The molecule has 1 saturated heterocycles. The Balaban J connectivity index is 1.85. The van der Waals surface area contributed by atoms with E-state index in [1.54, 1.807) is 44.1 Å². The van der Waals surface area contributed by atoms with Gasteiger partial charge in [0.1, 0.15) is 10.7 Å². The van der Waals surface area contributed by atoms with Crippen LogP contribution in [0, 0.1) is 20.8 Å². The molecule has 10 nitrogen and oxygen atoms in total. The summed E-state index contributed by atoms with van der Waals surface area (Å²) < 4.78 is 58.0. The highest BCUT2D eigenvalue weighted by molar-refractivity contribution is 7.89. The second-order valence-corrected chi connectivity index (χ2v) is 10.8. The Morgan fingerprint density at radius 2 is 1.46 bits per heavy atom. The third-order valence-electron chi connectivity index (χ3n) is 5.15. The first-order valence-electron chi connectivity index (χ1n) is 8.96. The number of aryl methyl sites for hydroxylation is 4. The number of imidazole rings is 1. The van der Waals surface area contributed by atoms with Crippen molar-refractivity contribution in [2.75, 3.05) is 26.2 Å². The maximum Gasteiger partial charge on any atom is 0.262 e. The maximum absolute atomic E-state index is 13.2. The van der Waals surface area contributed by atoms with Gasteiger partial charge in [0.05, 0.1) is 11.4 Å². The molecule has 0 bridgehead atoms. The lowest BCUT2D eigenvalue weighted by Gasteiger charge is -2.21. The predicted octanol–water partition coefficient (Wildman–Crippen LogP) is 0.164. The lowest BCUT2D eigenvalue weighted by atomic mass is 10.4. The Hall–Kier alpha value is -1.76. The normalized spacial score (nSPS) is 17.8. The van der Waals surface area contributed by atoms with Crippen LogP contribution in [-0.4, -0.2) is 71.0 Å². The van der Waals surface area contributed by atoms with Crippen LogP contribution in [0.15, 0.2) is 16.1 Å². The predicted molar refractivity (Wildman–Crippen MR) is 103 cm³/mol. The molecule has 0 spiro atoms. The number of aromatic nitrogens is 4. The van der Waals surface area contributed by atoms with Crippen molar-refractivity contribution in [1.82, 2.24) is 27.9 Å². The van der Waals surface area contributed by atoms with Crippen molar-refractivity contribution in [3.05, 3.63) is 23.4 Å². The third-order valence-corrected chi connectivity index (χ3v) is 9.07. The molecule has 1 aliphatic rings. The topological polar surface area (TPSA) is 110 Å². The van der Waals surface area contributed by atoms with E-state index in [0.717, 1.165) is 0 Å². The monoisotopic (exact) mass is 430 g/mol. The zero-order valence-corrected chi connectivity index (χ0v) is 18.4. The summed E-state index contributed by atoms with van der Waals surface area (Å²) in [5, 5.41) is 4.18. The SMILES string of the molecule is Cc1nn(C)c(C)c1S(=O)(=O)N1CCCN(S(=O)(=O)c2cn(C)c(C)n2)CC1. The highest BCUT2D eigenvalue weighted by Crippen LogP contribution is 2.25. The molecular formula is C16H26N6O4S2. The smallest absolute Gasteiger partial charge is 0.262 e. The Labute approximate surface area is 165 Å². The van der Waals surface area contributed by atoms with E-state index in [9.17, 15) is 16.8 Å². The molecule has 28 heavy (non-hydrogen) atoms. The molecule has 1 aliphatic heterocycles. The van der Waals surface area contributed by atoms with Gasteiger partial charge in [0, 0.05) is 46.5 Å². The fourth-order valence-corrected chi connectivity index (χ4v) is 6.75. The van der Waals surface area contributed by atoms with Crippen molar-refractivity contribution in [3.63, 3.8) is 0 Å². The molecule has 2 aromatic rings. The summed E-state index contributed by atoms with van der Waals surface area (Å²) in [6.07, 6.45) is 1.88. The van der Waals surface area contributed by atoms with Gasteiger partial charge in [-0.1, -0.05) is 0 Å². The minimum absolute atomic E-state index is 0.0113. The second-order valence-electron chi connectivity index (χ2n) is 7.02. The molecule has 0 atom stereocenters. The van der Waals surface area contributed by atoms with Gasteiger partial charge >= 0.3 is 0 Å². The summed E-state index contributed by atoms with van der Waals surface area (Å²) in [5.41, 5.74) is 1.01. The highest BCUT2D eigenvalue weighted by atomic mass is 32.2. The van der Waals surface area contributed by atoms with Crippen LogP contribution < -0.4 is 0 Å². The van der Waals surface area contributed by atoms with Gasteiger partial charge in [-0.15, -0.1) is 0 Å². The van der Waals surface area contributed by atoms with E-state index < -0.39 is 20.0 Å². The molecule has 0 radical (unpaired) electrons. The summed E-state index contributed by atoms with van der Waals surface area (Å²) in [7, 11) is -4.09. The van der Waals surface area contributed by atoms with Gasteiger partial charge in [-0.05, 0) is 27.2 Å². The molecule has 0 N–H and O–H groups in total. The zero-order chi connectivity index (χ0) is 20.9. The Bertz CT molecular complexity index is 1080. The first-order chi connectivity index (χ1) is 13.0. The summed E-state index contributed by atoms with van der Waals surface area (Å²) in [4.78, 5) is 4.32. The largest absolute Gasteiger partial charge is 0.337 e. The fourth-order valence-electron chi connectivity index (χ4n) is 3.39. The van der Waals surface area contributed by atoms with E-state index >= 15 is 0 Å². The van der Waals surface area contributed by atoms with Crippen LogP contribution in [0.25, 0.3) is 0 Å². The average Bonchev–Trinajstić information content (AvgIpc) is 2.94. The van der Waals surface area contributed by atoms with Crippen molar-refractivity contribution in [3.8, 4) is 0 Å². The van der Waals surface area contributed by atoms with E-state index in [-0.39, 0.29) is 36.1 Å². The van der Waals surface area contributed by atoms with E-state index in [4.69, 9.17) is 0 Å². The van der Waals surface area contributed by atoms with Crippen LogP contribution in [0.1, 0.15) is 23.6 Å². The summed E-state index contributed by atoms with van der Waals surface area (Å²) >= 11 is 0. The number of nitrogens with zero attached hydrogens (tertiary/aromatic N) is 6. The van der Waals surface area contributed by atoms with Gasteiger partial charge in [0.2, 0.25) is 10.0 Å². The molecule has 0 aromatic carbocycles. The van der Waals surface area contributed by atoms with Gasteiger partial charge in [0.15, 0.2) is 5.03 Å². The second kappa shape index (κ2) is 7.25. The van der Waals surface area contributed by atoms with Crippen LogP contribution >= 0.6 is 0 Å². The Morgan fingerprint density at radius 1 is 0.893 bits per heavy atom. The quantitative estimate of drug-likeness (QED) is 0.684. The van der Waals surface area contributed by atoms with Gasteiger partial charge in [-0.2, -0.15) is 13.7 Å². The Morgan fingerprint density at radius 3 is 1.93 bits per heavy atom. The van der Waals surface area contributed by atoms with E-state index in [0.29, 0.717) is 23.6 Å². The minimum atomic E-state index is -3.77. The van der Waals surface area contributed by atoms with Crippen LogP contribution in [0.4, 0.5) is 0 Å². The molecular weight excluding hydrogens is 404 g/mol. The zero-order valence-electron chi connectivity index (χ0n) is 16.7. The molecule has 0 amide bonds. The molecule has 3 rings (SSSR count). The minimum Gasteiger partial charge on any atom is -0.337 e. The number of hydrogen-bond donors (Lipinski definition) is 0. The molecule has 2 aromatic heterocycles. The summed E-state index contributed by atoms with van der Waals surface area (Å²) in [5.74, 6) is 0.597. The summed E-state index contributed by atoms with van der Waals surface area (Å²) in [6.45, 7) is 5.77. The van der Waals surface area contributed by atoms with E-state index in [1.807, 2.05) is 0 Å². The van der Waals surface area contributed by atoms with E-state index in [1.165, 1.54) is 14.8 Å². The summed E-state index contributed by atoms with van der Waals surface area (Å²) in [6, 6.07) is 0. The molecule has 1 fully saturated rings. The van der Waals surface area contributed by atoms with Crippen molar-refractivity contribution < 1.29 is 16.8 Å². The van der Waals surface area contributed by atoms with Crippen molar-refractivity contribution in [2.45, 2.75) is 37.1 Å². The van der Waals surface area contributed by atoms with Crippen molar-refractivity contribution in [1.29, 1.82) is 0 Å². The highest BCUT2D eigenvalue weighted by Gasteiger charge is 2.35. The number of rotatable bonds is 4. The third kappa shape index (κ3) is 3.49. The molecule has 3 heterocycles.